The number of esters is 2. The fourth-order valence-corrected chi connectivity index (χ4v) is 1.48. The normalized spacial score (nSPS) is 43.8. The molecule has 0 saturated carbocycles. The first-order valence-electron chi connectivity index (χ1n) is 3.76. The van der Waals surface area contributed by atoms with Crippen molar-refractivity contribution in [2.45, 2.75) is 31.0 Å². The summed E-state index contributed by atoms with van der Waals surface area (Å²) in [6.45, 7) is 0. The number of hydrogen-bond acceptors (Lipinski definition) is 4. The van der Waals surface area contributed by atoms with Gasteiger partial charge in [-0.1, -0.05) is 0 Å². The molecule has 1 spiro atoms. The van der Waals surface area contributed by atoms with Crippen LogP contribution in [-0.4, -0.2) is 30.1 Å². The first kappa shape index (κ1) is 8.40. The Morgan fingerprint density at radius 2 is 1.46 bits per heavy atom. The van der Waals surface area contributed by atoms with Crippen molar-refractivity contribution in [3.63, 3.8) is 0 Å². The molecule has 0 aromatic carbocycles. The molecule has 13 heavy (non-hydrogen) atoms. The highest BCUT2D eigenvalue weighted by molar-refractivity contribution is 5.81. The van der Waals surface area contributed by atoms with Crippen LogP contribution in [0.4, 0.5) is 8.78 Å². The first-order chi connectivity index (χ1) is 6.02. The number of ether oxygens (including phenoxy) is 2. The van der Waals surface area contributed by atoms with Crippen LogP contribution < -0.4 is 0 Å². The lowest BCUT2D eigenvalue weighted by molar-refractivity contribution is -0.197. The van der Waals surface area contributed by atoms with E-state index in [1.165, 1.54) is 0 Å². The predicted octanol–water partition coefficient (Wildman–Crippen LogP) is 0.253. The second kappa shape index (κ2) is 2.40. The summed E-state index contributed by atoms with van der Waals surface area (Å²) in [6, 6.07) is 0. The number of halogens is 2. The Labute approximate surface area is 71.8 Å². The first-order valence-corrected chi connectivity index (χ1v) is 3.76. The quantitative estimate of drug-likeness (QED) is 0.516. The maximum Gasteiger partial charge on any atom is 0.344 e. The molecular formula is C7H6F2O4. The average molecular weight is 192 g/mol. The molecule has 72 valence electrons. The maximum atomic E-state index is 12.7. The van der Waals surface area contributed by atoms with Crippen LogP contribution in [0.3, 0.4) is 0 Å². The van der Waals surface area contributed by atoms with Crippen molar-refractivity contribution in [1.29, 1.82) is 0 Å². The Bertz CT molecular complexity index is 250. The lowest BCUT2D eigenvalue weighted by Gasteiger charge is -2.18. The zero-order chi connectivity index (χ0) is 9.64. The van der Waals surface area contributed by atoms with Crippen molar-refractivity contribution in [1.82, 2.24) is 0 Å². The van der Waals surface area contributed by atoms with E-state index in [0.717, 1.165) is 0 Å². The fraction of sp³-hybridized carbons (Fsp3) is 0.714. The maximum absolute atomic E-state index is 12.7. The Morgan fingerprint density at radius 3 is 1.69 bits per heavy atom. The molecule has 0 aromatic heterocycles. The van der Waals surface area contributed by atoms with E-state index >= 15 is 0 Å². The lowest BCUT2D eigenvalue weighted by atomic mass is 10.1. The molecule has 0 radical (unpaired) electrons. The van der Waals surface area contributed by atoms with E-state index in [1.807, 2.05) is 0 Å². The zero-order valence-corrected chi connectivity index (χ0v) is 6.46. The highest BCUT2D eigenvalue weighted by atomic mass is 19.1. The second-order valence-electron chi connectivity index (χ2n) is 3.10. The van der Waals surface area contributed by atoms with Crippen molar-refractivity contribution in [3.05, 3.63) is 0 Å². The molecular weight excluding hydrogens is 186 g/mol. The molecule has 2 aliphatic heterocycles. The van der Waals surface area contributed by atoms with E-state index in [-0.39, 0.29) is 0 Å². The van der Waals surface area contributed by atoms with Gasteiger partial charge in [0.1, 0.15) is 0 Å². The molecule has 2 heterocycles. The van der Waals surface area contributed by atoms with E-state index < -0.39 is 42.9 Å². The number of carbonyl (C=O) groups excluding carboxylic acids is 2. The van der Waals surface area contributed by atoms with Gasteiger partial charge in [-0.25, -0.2) is 18.4 Å². The van der Waals surface area contributed by atoms with Gasteiger partial charge >= 0.3 is 11.9 Å². The number of rotatable bonds is 0. The molecule has 0 aliphatic carbocycles. The van der Waals surface area contributed by atoms with Gasteiger partial charge in [0, 0.05) is 0 Å². The SMILES string of the molecule is O=C1OC2(CC1F)CC(F)C(=O)O2. The minimum absolute atomic E-state index is 0.405. The molecule has 0 N–H and O–H groups in total. The summed E-state index contributed by atoms with van der Waals surface area (Å²) in [5, 5.41) is 0. The van der Waals surface area contributed by atoms with Crippen molar-refractivity contribution in [2.75, 3.05) is 0 Å². The van der Waals surface area contributed by atoms with Crippen LogP contribution in [0, 0.1) is 0 Å². The van der Waals surface area contributed by atoms with Gasteiger partial charge < -0.3 is 9.47 Å². The third-order valence-corrected chi connectivity index (χ3v) is 2.07. The third kappa shape index (κ3) is 1.16. The predicted molar refractivity (Wildman–Crippen MR) is 33.9 cm³/mol. The van der Waals surface area contributed by atoms with Crippen molar-refractivity contribution >= 4 is 11.9 Å². The summed E-state index contributed by atoms with van der Waals surface area (Å²) in [7, 11) is 0. The lowest BCUT2D eigenvalue weighted by Crippen LogP contribution is -2.27. The highest BCUT2D eigenvalue weighted by Gasteiger charge is 2.57. The zero-order valence-electron chi connectivity index (χ0n) is 6.46. The van der Waals surface area contributed by atoms with Gasteiger partial charge in [-0.15, -0.1) is 0 Å². The van der Waals surface area contributed by atoms with Gasteiger partial charge in [0.2, 0.25) is 12.3 Å². The van der Waals surface area contributed by atoms with Crippen LogP contribution >= 0.6 is 0 Å². The minimum Gasteiger partial charge on any atom is -0.420 e. The van der Waals surface area contributed by atoms with E-state index in [4.69, 9.17) is 0 Å². The van der Waals surface area contributed by atoms with Crippen LogP contribution in [0.25, 0.3) is 0 Å². The average Bonchev–Trinajstić information content (AvgIpc) is 2.39. The topological polar surface area (TPSA) is 52.6 Å². The minimum atomic E-state index is -1.82. The van der Waals surface area contributed by atoms with Crippen molar-refractivity contribution < 1.29 is 27.8 Å². The summed E-state index contributed by atoms with van der Waals surface area (Å²) >= 11 is 0. The van der Waals surface area contributed by atoms with Crippen LogP contribution in [0.1, 0.15) is 12.8 Å². The smallest absolute Gasteiger partial charge is 0.344 e. The molecule has 2 rings (SSSR count). The monoisotopic (exact) mass is 192 g/mol. The van der Waals surface area contributed by atoms with Gasteiger partial charge in [0.25, 0.3) is 5.79 Å². The van der Waals surface area contributed by atoms with E-state index in [1.54, 1.807) is 0 Å². The molecule has 2 unspecified atom stereocenters. The summed E-state index contributed by atoms with van der Waals surface area (Å²) < 4.78 is 34.3. The van der Waals surface area contributed by atoms with Crippen LogP contribution in [-0.2, 0) is 19.1 Å². The summed E-state index contributed by atoms with van der Waals surface area (Å²) in [6.07, 6.45) is -4.45. The van der Waals surface area contributed by atoms with Crippen molar-refractivity contribution in [3.8, 4) is 0 Å². The molecule has 0 aromatic rings. The summed E-state index contributed by atoms with van der Waals surface area (Å²) in [5.41, 5.74) is 0. The largest absolute Gasteiger partial charge is 0.420 e. The Balaban J connectivity index is 2.17. The Hall–Kier alpha value is -1.20. The molecule has 6 heteroatoms. The van der Waals surface area contributed by atoms with Gasteiger partial charge in [-0.05, 0) is 0 Å². The summed E-state index contributed by atoms with van der Waals surface area (Å²) in [4.78, 5) is 21.3. The highest BCUT2D eigenvalue weighted by Crippen LogP contribution is 2.39. The fourth-order valence-electron chi connectivity index (χ4n) is 1.48. The van der Waals surface area contributed by atoms with E-state index in [2.05, 4.69) is 9.47 Å². The number of carbonyl (C=O) groups is 2. The molecule has 4 nitrogen and oxygen atoms in total. The second-order valence-corrected chi connectivity index (χ2v) is 3.10. The molecule has 2 atom stereocenters. The van der Waals surface area contributed by atoms with Crippen molar-refractivity contribution in [2.24, 2.45) is 0 Å². The molecule has 2 aliphatic rings. The molecule has 2 saturated heterocycles. The van der Waals surface area contributed by atoms with Crippen LogP contribution in [0.5, 0.6) is 0 Å². The molecule has 2 fully saturated rings. The van der Waals surface area contributed by atoms with Crippen LogP contribution in [0.15, 0.2) is 0 Å². The van der Waals surface area contributed by atoms with Gasteiger partial charge in [0.15, 0.2) is 0 Å². The van der Waals surface area contributed by atoms with Gasteiger partial charge in [-0.3, -0.25) is 0 Å². The van der Waals surface area contributed by atoms with Gasteiger partial charge in [0.05, 0.1) is 12.8 Å². The number of alkyl halides is 2. The van der Waals surface area contributed by atoms with E-state index in [0.29, 0.717) is 0 Å². The van der Waals surface area contributed by atoms with Crippen LogP contribution in [0.2, 0.25) is 0 Å². The summed E-state index contributed by atoms with van der Waals surface area (Å²) in [5.74, 6) is -3.86. The standard InChI is InChI=1S/C7H6F2O4/c8-3-1-7(12-5(3)10)2-4(9)6(11)13-7/h3-4H,1-2H2. The van der Waals surface area contributed by atoms with Gasteiger partial charge in [-0.2, -0.15) is 0 Å². The Kier molecular flexibility index (Phi) is 1.55. The number of hydrogen-bond donors (Lipinski definition) is 0. The Morgan fingerprint density at radius 1 is 1.08 bits per heavy atom. The third-order valence-electron chi connectivity index (χ3n) is 2.07. The molecule has 0 amide bonds. The molecule has 0 bridgehead atoms. The van der Waals surface area contributed by atoms with E-state index in [9.17, 15) is 18.4 Å².